The highest BCUT2D eigenvalue weighted by molar-refractivity contribution is 7.19. The standard InChI is InChI=1S/C61H41N3S/c1-2-11-36(12-3-1)53-31-25-37-21-22-38-26-32-54(63-60(38)59(37)62-53)41-24-28-46-45-27-23-40(34-51(45)43-15-4-5-16-44(43)52(46)35-41)39-13-10-14-42(33-39)58-50-30-29-48-47-17-7-9-20-56(47)65-61(48)57(50)49-18-6-8-19-55(49)64-58/h1-24,26-30,32-35,38,50,57,60H,25,31H2. The summed E-state index contributed by atoms with van der Waals surface area (Å²) in [4.78, 5) is 17.6. The van der Waals surface area contributed by atoms with E-state index in [1.165, 1.54) is 86.2 Å². The van der Waals surface area contributed by atoms with Gasteiger partial charge in [0.05, 0.1) is 22.8 Å². The van der Waals surface area contributed by atoms with E-state index >= 15 is 0 Å². The average Bonchev–Trinajstić information content (AvgIpc) is 3.77. The summed E-state index contributed by atoms with van der Waals surface area (Å²) in [6.07, 6.45) is 15.9. The molecule has 0 N–H and O–H groups in total. The van der Waals surface area contributed by atoms with Crippen molar-refractivity contribution in [2.45, 2.75) is 24.8 Å². The molecule has 306 valence electrons. The van der Waals surface area contributed by atoms with E-state index in [-0.39, 0.29) is 23.8 Å². The first-order valence-corrected chi connectivity index (χ1v) is 23.7. The van der Waals surface area contributed by atoms with Gasteiger partial charge in [0.2, 0.25) is 0 Å². The van der Waals surface area contributed by atoms with Gasteiger partial charge in [-0.2, -0.15) is 0 Å². The Morgan fingerprint density at radius 1 is 0.477 bits per heavy atom. The van der Waals surface area contributed by atoms with Gasteiger partial charge < -0.3 is 0 Å². The fourth-order valence-electron chi connectivity index (χ4n) is 11.3. The first-order valence-electron chi connectivity index (χ1n) is 22.9. The molecule has 0 radical (unpaired) electrons. The van der Waals surface area contributed by atoms with E-state index in [1.54, 1.807) is 0 Å². The van der Waals surface area contributed by atoms with Gasteiger partial charge in [-0.25, -0.2) is 0 Å². The maximum atomic E-state index is 5.48. The van der Waals surface area contributed by atoms with Crippen LogP contribution in [0.4, 0.5) is 5.69 Å². The van der Waals surface area contributed by atoms with Crippen molar-refractivity contribution in [3.05, 3.63) is 238 Å². The smallest absolute Gasteiger partial charge is 0.103 e. The minimum absolute atomic E-state index is 0.0223. The number of hydrogen-bond donors (Lipinski definition) is 0. The second-order valence-electron chi connectivity index (χ2n) is 18.0. The second kappa shape index (κ2) is 14.5. The van der Waals surface area contributed by atoms with Crippen molar-refractivity contribution in [1.29, 1.82) is 0 Å². The van der Waals surface area contributed by atoms with E-state index in [4.69, 9.17) is 15.0 Å². The van der Waals surface area contributed by atoms with Gasteiger partial charge in [0, 0.05) is 38.6 Å². The number of benzene rings is 8. The molecule has 4 unspecified atom stereocenters. The quantitative estimate of drug-likeness (QED) is 0.158. The van der Waals surface area contributed by atoms with Crippen LogP contribution in [0.3, 0.4) is 0 Å². The minimum Gasteiger partial charge on any atom is -0.274 e. The molecule has 4 atom stereocenters. The number of allylic oxidation sites excluding steroid dienone is 4. The van der Waals surface area contributed by atoms with Crippen LogP contribution in [-0.4, -0.2) is 23.2 Å². The predicted molar refractivity (Wildman–Crippen MR) is 275 cm³/mol. The van der Waals surface area contributed by atoms with Crippen molar-refractivity contribution in [3.8, 4) is 11.1 Å². The average molecular weight is 848 g/mol. The highest BCUT2D eigenvalue weighted by Crippen LogP contribution is 2.52. The molecule has 0 saturated heterocycles. The Morgan fingerprint density at radius 3 is 2.02 bits per heavy atom. The summed E-state index contributed by atoms with van der Waals surface area (Å²) in [6.45, 7) is 0. The zero-order valence-electron chi connectivity index (χ0n) is 35.5. The van der Waals surface area contributed by atoms with Gasteiger partial charge in [-0.15, -0.1) is 11.3 Å². The Kier molecular flexibility index (Phi) is 8.23. The summed E-state index contributed by atoms with van der Waals surface area (Å²) in [5.41, 5.74) is 15.4. The number of dihydropyridines is 1. The summed E-state index contributed by atoms with van der Waals surface area (Å²) < 4.78 is 1.35. The van der Waals surface area contributed by atoms with Gasteiger partial charge >= 0.3 is 0 Å². The molecular weight excluding hydrogens is 807 g/mol. The van der Waals surface area contributed by atoms with E-state index < -0.39 is 0 Å². The molecule has 4 heterocycles. The third kappa shape index (κ3) is 5.83. The van der Waals surface area contributed by atoms with Crippen LogP contribution in [0.25, 0.3) is 59.6 Å². The van der Waals surface area contributed by atoms with Crippen LogP contribution >= 0.6 is 11.3 Å². The van der Waals surface area contributed by atoms with Crippen LogP contribution in [0, 0.1) is 11.8 Å². The Balaban J connectivity index is 0.838. The number of rotatable bonds is 4. The molecule has 14 rings (SSSR count). The molecule has 5 aliphatic rings. The SMILES string of the molecule is C1=CC2C=CC3=C(N=C(c4ccccc4)CC3)C2N=C1c1ccc2c3ccc(-c4cccc(C5=Nc6ccccc6C6c7sc8ccccc8c7C=CC56)c4)cc3c3ccccc3c2c1. The lowest BCUT2D eigenvalue weighted by Gasteiger charge is -2.34. The normalized spacial score (nSPS) is 20.5. The zero-order chi connectivity index (χ0) is 42.6. The fourth-order valence-corrected chi connectivity index (χ4v) is 12.7. The van der Waals surface area contributed by atoms with Gasteiger partial charge in [-0.3, -0.25) is 15.0 Å². The van der Waals surface area contributed by atoms with Gasteiger partial charge in [0.25, 0.3) is 0 Å². The van der Waals surface area contributed by atoms with E-state index in [0.717, 1.165) is 46.9 Å². The minimum atomic E-state index is -0.0223. The largest absolute Gasteiger partial charge is 0.274 e. The topological polar surface area (TPSA) is 37.1 Å². The van der Waals surface area contributed by atoms with Crippen LogP contribution < -0.4 is 0 Å². The molecule has 0 saturated carbocycles. The molecule has 9 aromatic rings. The molecule has 0 amide bonds. The van der Waals surface area contributed by atoms with E-state index in [2.05, 4.69) is 200 Å². The first kappa shape index (κ1) is 36.9. The zero-order valence-corrected chi connectivity index (χ0v) is 36.3. The fraction of sp³-hybridized carbons (Fsp3) is 0.0984. The predicted octanol–water partition coefficient (Wildman–Crippen LogP) is 15.4. The highest BCUT2D eigenvalue weighted by Gasteiger charge is 2.38. The number of para-hydroxylation sites is 1. The molecule has 0 spiro atoms. The van der Waals surface area contributed by atoms with Crippen LogP contribution in [0.15, 0.2) is 220 Å². The maximum Gasteiger partial charge on any atom is 0.103 e. The number of hydrogen-bond acceptors (Lipinski definition) is 4. The van der Waals surface area contributed by atoms with E-state index in [9.17, 15) is 0 Å². The lowest BCUT2D eigenvalue weighted by Crippen LogP contribution is -2.28. The summed E-state index contributed by atoms with van der Waals surface area (Å²) in [6, 6.07) is 60.2. The monoisotopic (exact) mass is 847 g/mol. The molecular formula is C61H41N3S. The number of nitrogens with zero attached hydrogens (tertiary/aromatic N) is 3. The molecule has 3 nitrogen and oxygen atoms in total. The van der Waals surface area contributed by atoms with Crippen LogP contribution in [0.1, 0.15) is 51.5 Å². The molecule has 1 aromatic heterocycles. The molecule has 8 aromatic carbocycles. The molecule has 65 heavy (non-hydrogen) atoms. The Bertz CT molecular complexity index is 3720. The molecule has 4 heteroatoms. The highest BCUT2D eigenvalue weighted by atomic mass is 32.1. The van der Waals surface area contributed by atoms with Gasteiger partial charge in [0.15, 0.2) is 0 Å². The lowest BCUT2D eigenvalue weighted by molar-refractivity contribution is 0.623. The van der Waals surface area contributed by atoms with Crippen molar-refractivity contribution in [2.75, 3.05) is 0 Å². The summed E-state index contributed by atoms with van der Waals surface area (Å²) in [5, 5.41) is 8.87. The summed E-state index contributed by atoms with van der Waals surface area (Å²) in [5.74, 6) is 0.587. The number of thiophene rings is 1. The Hall–Kier alpha value is -7.53. The number of aliphatic imine (C=N–C) groups is 3. The van der Waals surface area contributed by atoms with E-state index in [1.807, 2.05) is 11.3 Å². The molecule has 0 bridgehead atoms. The van der Waals surface area contributed by atoms with Gasteiger partial charge in [-0.1, -0.05) is 164 Å². The molecule has 2 aliphatic carbocycles. The Morgan fingerprint density at radius 2 is 1.15 bits per heavy atom. The van der Waals surface area contributed by atoms with Crippen molar-refractivity contribution in [3.63, 3.8) is 0 Å². The first-order chi connectivity index (χ1) is 32.2. The van der Waals surface area contributed by atoms with Crippen LogP contribution in [0.2, 0.25) is 0 Å². The van der Waals surface area contributed by atoms with Gasteiger partial charge in [-0.05, 0) is 126 Å². The third-order valence-corrected chi connectivity index (χ3v) is 15.7. The summed E-state index contributed by atoms with van der Waals surface area (Å²) >= 11 is 1.94. The van der Waals surface area contributed by atoms with Gasteiger partial charge in [0.1, 0.15) is 6.04 Å². The Labute approximate surface area is 381 Å². The van der Waals surface area contributed by atoms with Crippen molar-refractivity contribution >= 4 is 82.6 Å². The summed E-state index contributed by atoms with van der Waals surface area (Å²) in [7, 11) is 0. The lowest BCUT2D eigenvalue weighted by atomic mass is 9.73. The van der Waals surface area contributed by atoms with Crippen molar-refractivity contribution in [2.24, 2.45) is 26.8 Å². The van der Waals surface area contributed by atoms with E-state index in [0.29, 0.717) is 0 Å². The maximum absolute atomic E-state index is 5.48. The molecule has 0 fully saturated rings. The third-order valence-electron chi connectivity index (χ3n) is 14.5. The van der Waals surface area contributed by atoms with Crippen LogP contribution in [-0.2, 0) is 0 Å². The molecule has 3 aliphatic heterocycles. The van der Waals surface area contributed by atoms with Crippen molar-refractivity contribution in [1.82, 2.24) is 0 Å². The number of fused-ring (bicyclic) bond motifs is 15. The van der Waals surface area contributed by atoms with Crippen molar-refractivity contribution < 1.29 is 0 Å². The second-order valence-corrected chi connectivity index (χ2v) is 19.1. The van der Waals surface area contributed by atoms with Crippen LogP contribution in [0.5, 0.6) is 0 Å².